The molecule has 0 spiro atoms. The average Bonchev–Trinajstić information content (AvgIpc) is 3.06. The molecule has 1 atom stereocenters. The summed E-state index contributed by atoms with van der Waals surface area (Å²) in [6.07, 6.45) is 2.50. The van der Waals surface area contributed by atoms with Crippen molar-refractivity contribution in [1.29, 1.82) is 0 Å². The summed E-state index contributed by atoms with van der Waals surface area (Å²) < 4.78 is 10.6. The van der Waals surface area contributed by atoms with E-state index in [9.17, 15) is 9.90 Å². The largest absolute Gasteiger partial charge is 0.494 e. The molecule has 118 valence electrons. The Morgan fingerprint density at radius 1 is 1.32 bits per heavy atom. The number of hydrogen-bond acceptors (Lipinski definition) is 4. The van der Waals surface area contributed by atoms with Crippen molar-refractivity contribution in [2.45, 2.75) is 25.8 Å². The SMILES string of the molecule is CCOc1ccc(CCC(=O)NC(CO)c2ccco2)cc1. The van der Waals surface area contributed by atoms with Gasteiger partial charge in [-0.15, -0.1) is 0 Å². The molecule has 0 aliphatic rings. The first-order chi connectivity index (χ1) is 10.7. The van der Waals surface area contributed by atoms with Crippen molar-refractivity contribution < 1.29 is 19.1 Å². The van der Waals surface area contributed by atoms with Crippen LogP contribution in [0.15, 0.2) is 47.1 Å². The average molecular weight is 303 g/mol. The van der Waals surface area contributed by atoms with Crippen LogP contribution in [0.25, 0.3) is 0 Å². The molecular formula is C17H21NO4. The second-order valence-electron chi connectivity index (χ2n) is 4.90. The Kier molecular flexibility index (Phi) is 6.03. The molecule has 1 aromatic carbocycles. The molecule has 2 rings (SSSR count). The lowest BCUT2D eigenvalue weighted by molar-refractivity contribution is -0.122. The molecular weight excluding hydrogens is 282 g/mol. The molecule has 1 heterocycles. The normalized spacial score (nSPS) is 11.9. The van der Waals surface area contributed by atoms with E-state index in [2.05, 4.69) is 5.32 Å². The molecule has 1 aromatic heterocycles. The maximum Gasteiger partial charge on any atom is 0.220 e. The van der Waals surface area contributed by atoms with Crippen molar-refractivity contribution in [2.75, 3.05) is 13.2 Å². The molecule has 0 aliphatic heterocycles. The highest BCUT2D eigenvalue weighted by molar-refractivity contribution is 5.76. The van der Waals surface area contributed by atoms with Gasteiger partial charge in [-0.2, -0.15) is 0 Å². The van der Waals surface area contributed by atoms with Gasteiger partial charge in [-0.3, -0.25) is 4.79 Å². The molecule has 2 N–H and O–H groups in total. The van der Waals surface area contributed by atoms with E-state index in [4.69, 9.17) is 9.15 Å². The van der Waals surface area contributed by atoms with Crippen LogP contribution >= 0.6 is 0 Å². The standard InChI is InChI=1S/C17H21NO4/c1-2-21-14-8-5-13(6-9-14)7-10-17(20)18-15(12-19)16-4-3-11-22-16/h3-6,8-9,11,15,19H,2,7,10,12H2,1H3,(H,18,20). The lowest BCUT2D eigenvalue weighted by Crippen LogP contribution is -2.30. The highest BCUT2D eigenvalue weighted by Gasteiger charge is 2.15. The van der Waals surface area contributed by atoms with Crippen LogP contribution < -0.4 is 10.1 Å². The third kappa shape index (κ3) is 4.63. The van der Waals surface area contributed by atoms with Gasteiger partial charge < -0.3 is 19.6 Å². The van der Waals surface area contributed by atoms with Crippen molar-refractivity contribution in [1.82, 2.24) is 5.32 Å². The summed E-state index contributed by atoms with van der Waals surface area (Å²) in [6.45, 7) is 2.38. The number of aliphatic hydroxyl groups excluding tert-OH is 1. The minimum Gasteiger partial charge on any atom is -0.494 e. The number of carbonyl (C=O) groups is 1. The summed E-state index contributed by atoms with van der Waals surface area (Å²) in [5, 5.41) is 12.1. The first kappa shape index (κ1) is 16.1. The van der Waals surface area contributed by atoms with E-state index in [1.807, 2.05) is 31.2 Å². The van der Waals surface area contributed by atoms with Crippen LogP contribution in [0.3, 0.4) is 0 Å². The Labute approximate surface area is 129 Å². The Hall–Kier alpha value is -2.27. The molecule has 1 amide bonds. The maximum atomic E-state index is 12.0. The molecule has 0 fully saturated rings. The summed E-state index contributed by atoms with van der Waals surface area (Å²) in [5.41, 5.74) is 1.07. The van der Waals surface area contributed by atoms with Gasteiger partial charge in [0.2, 0.25) is 5.91 Å². The van der Waals surface area contributed by atoms with Crippen molar-refractivity contribution in [3.05, 3.63) is 54.0 Å². The number of rotatable bonds is 8. The van der Waals surface area contributed by atoms with E-state index in [1.54, 1.807) is 12.1 Å². The lowest BCUT2D eigenvalue weighted by Gasteiger charge is -2.13. The molecule has 22 heavy (non-hydrogen) atoms. The third-order valence-electron chi connectivity index (χ3n) is 3.28. The minimum absolute atomic E-state index is 0.121. The number of hydrogen-bond donors (Lipinski definition) is 2. The summed E-state index contributed by atoms with van der Waals surface area (Å²) in [6, 6.07) is 10.7. The summed E-state index contributed by atoms with van der Waals surface area (Å²) in [5.74, 6) is 1.26. The quantitative estimate of drug-likeness (QED) is 0.786. The Bertz CT molecular complexity index is 563. The topological polar surface area (TPSA) is 71.7 Å². The first-order valence-corrected chi connectivity index (χ1v) is 7.38. The van der Waals surface area contributed by atoms with Gasteiger partial charge in [-0.25, -0.2) is 0 Å². The van der Waals surface area contributed by atoms with Gasteiger partial charge in [0.1, 0.15) is 17.6 Å². The number of carbonyl (C=O) groups excluding carboxylic acids is 1. The molecule has 2 aromatic rings. The third-order valence-corrected chi connectivity index (χ3v) is 3.28. The van der Waals surface area contributed by atoms with Gasteiger partial charge >= 0.3 is 0 Å². The van der Waals surface area contributed by atoms with E-state index in [0.29, 0.717) is 25.2 Å². The van der Waals surface area contributed by atoms with Crippen molar-refractivity contribution in [3.63, 3.8) is 0 Å². The van der Waals surface area contributed by atoms with Gasteiger partial charge in [0.15, 0.2) is 0 Å². The van der Waals surface area contributed by atoms with Gasteiger partial charge in [-0.05, 0) is 43.2 Å². The van der Waals surface area contributed by atoms with E-state index >= 15 is 0 Å². The summed E-state index contributed by atoms with van der Waals surface area (Å²) >= 11 is 0. The van der Waals surface area contributed by atoms with Gasteiger partial charge in [0.05, 0.1) is 19.5 Å². The number of aryl methyl sites for hydroxylation is 1. The number of furan rings is 1. The number of aliphatic hydroxyl groups is 1. The number of ether oxygens (including phenoxy) is 1. The highest BCUT2D eigenvalue weighted by Crippen LogP contribution is 2.15. The summed E-state index contributed by atoms with van der Waals surface area (Å²) in [4.78, 5) is 12.0. The zero-order valence-electron chi connectivity index (χ0n) is 12.6. The first-order valence-electron chi connectivity index (χ1n) is 7.38. The van der Waals surface area contributed by atoms with Crippen molar-refractivity contribution in [2.24, 2.45) is 0 Å². The van der Waals surface area contributed by atoms with Crippen LogP contribution in [0.4, 0.5) is 0 Å². The molecule has 0 aliphatic carbocycles. The predicted molar refractivity (Wildman–Crippen MR) is 82.6 cm³/mol. The van der Waals surface area contributed by atoms with Crippen LogP contribution in [0.2, 0.25) is 0 Å². The fourth-order valence-corrected chi connectivity index (χ4v) is 2.14. The number of amides is 1. The van der Waals surface area contributed by atoms with Crippen LogP contribution in [-0.4, -0.2) is 24.2 Å². The van der Waals surface area contributed by atoms with Crippen molar-refractivity contribution >= 4 is 5.91 Å². The fourth-order valence-electron chi connectivity index (χ4n) is 2.14. The Morgan fingerprint density at radius 3 is 2.68 bits per heavy atom. The predicted octanol–water partition coefficient (Wildman–Crippen LogP) is 2.46. The second kappa shape index (κ2) is 8.24. The summed E-state index contributed by atoms with van der Waals surface area (Å²) in [7, 11) is 0. The van der Waals surface area contributed by atoms with Gasteiger partial charge in [0, 0.05) is 6.42 Å². The number of nitrogens with one attached hydrogen (secondary N) is 1. The van der Waals surface area contributed by atoms with Crippen LogP contribution in [0.5, 0.6) is 5.75 Å². The second-order valence-corrected chi connectivity index (χ2v) is 4.90. The van der Waals surface area contributed by atoms with Crippen molar-refractivity contribution in [3.8, 4) is 5.75 Å². The smallest absolute Gasteiger partial charge is 0.220 e. The van der Waals surface area contributed by atoms with E-state index < -0.39 is 6.04 Å². The van der Waals surface area contributed by atoms with Crippen LogP contribution in [0, 0.1) is 0 Å². The Morgan fingerprint density at radius 2 is 2.09 bits per heavy atom. The fraction of sp³-hybridized carbons (Fsp3) is 0.353. The van der Waals surface area contributed by atoms with Crippen LogP contribution in [0.1, 0.15) is 30.7 Å². The molecule has 0 saturated carbocycles. The van der Waals surface area contributed by atoms with Crippen LogP contribution in [-0.2, 0) is 11.2 Å². The molecule has 0 bridgehead atoms. The maximum absolute atomic E-state index is 12.0. The van der Waals surface area contributed by atoms with E-state index in [-0.39, 0.29) is 12.5 Å². The number of benzene rings is 1. The zero-order chi connectivity index (χ0) is 15.8. The van der Waals surface area contributed by atoms with Gasteiger partial charge in [0.25, 0.3) is 0 Å². The molecule has 1 unspecified atom stereocenters. The van der Waals surface area contributed by atoms with Gasteiger partial charge in [-0.1, -0.05) is 12.1 Å². The monoisotopic (exact) mass is 303 g/mol. The zero-order valence-corrected chi connectivity index (χ0v) is 12.6. The highest BCUT2D eigenvalue weighted by atomic mass is 16.5. The molecule has 5 nitrogen and oxygen atoms in total. The van der Waals surface area contributed by atoms with E-state index in [1.165, 1.54) is 6.26 Å². The molecule has 5 heteroatoms. The molecule has 0 saturated heterocycles. The van der Waals surface area contributed by atoms with E-state index in [0.717, 1.165) is 11.3 Å². The molecule has 0 radical (unpaired) electrons. The lowest BCUT2D eigenvalue weighted by atomic mass is 10.1. The Balaban J connectivity index is 1.81. The minimum atomic E-state index is -0.497.